The normalized spacial score (nSPS) is 15.0. The average molecular weight is 256 g/mol. The summed E-state index contributed by atoms with van der Waals surface area (Å²) in [6.45, 7) is 1.20. The minimum Gasteiger partial charge on any atom is -0.486 e. The highest BCUT2D eigenvalue weighted by atomic mass is 16.6. The Morgan fingerprint density at radius 1 is 1.05 bits per heavy atom. The topological polar surface area (TPSA) is 57.4 Å². The van der Waals surface area contributed by atoms with Gasteiger partial charge in [0.15, 0.2) is 11.5 Å². The van der Waals surface area contributed by atoms with Gasteiger partial charge in [-0.3, -0.25) is 4.98 Å². The Morgan fingerprint density at radius 3 is 2.58 bits per heavy atom. The molecule has 0 bridgehead atoms. The van der Waals surface area contributed by atoms with E-state index in [4.69, 9.17) is 15.2 Å². The Bertz CT molecular complexity index is 557. The molecule has 0 saturated carbocycles. The number of nitrogens with two attached hydrogens (primary N) is 1. The molecule has 0 aliphatic carbocycles. The maximum absolute atomic E-state index is 6.24. The van der Waals surface area contributed by atoms with Crippen molar-refractivity contribution in [2.45, 2.75) is 12.5 Å². The molecule has 2 heterocycles. The molecule has 4 heteroatoms. The molecule has 4 nitrogen and oxygen atoms in total. The van der Waals surface area contributed by atoms with Gasteiger partial charge in [-0.1, -0.05) is 6.07 Å². The number of pyridine rings is 1. The third-order valence-electron chi connectivity index (χ3n) is 3.20. The lowest BCUT2D eigenvalue weighted by atomic mass is 10.00. The molecule has 0 spiro atoms. The summed E-state index contributed by atoms with van der Waals surface area (Å²) in [6.07, 6.45) is 4.35. The zero-order valence-corrected chi connectivity index (χ0v) is 10.6. The van der Waals surface area contributed by atoms with E-state index in [1.807, 2.05) is 30.3 Å². The van der Waals surface area contributed by atoms with Crippen LogP contribution in [0.25, 0.3) is 0 Å². The van der Waals surface area contributed by atoms with Gasteiger partial charge >= 0.3 is 0 Å². The molecule has 0 saturated heterocycles. The smallest absolute Gasteiger partial charge is 0.161 e. The van der Waals surface area contributed by atoms with E-state index in [0.717, 1.165) is 23.5 Å². The van der Waals surface area contributed by atoms with Gasteiger partial charge in [-0.2, -0.15) is 0 Å². The molecule has 0 radical (unpaired) electrons. The van der Waals surface area contributed by atoms with E-state index in [2.05, 4.69) is 4.98 Å². The van der Waals surface area contributed by atoms with Crippen LogP contribution in [0.2, 0.25) is 0 Å². The molecule has 1 aliphatic heterocycles. The summed E-state index contributed by atoms with van der Waals surface area (Å²) < 4.78 is 11.1. The number of fused-ring (bicyclic) bond motifs is 1. The summed E-state index contributed by atoms with van der Waals surface area (Å²) in [6, 6.07) is 9.81. The first-order valence-electron chi connectivity index (χ1n) is 6.37. The van der Waals surface area contributed by atoms with Crippen molar-refractivity contribution in [2.24, 2.45) is 5.73 Å². The fourth-order valence-corrected chi connectivity index (χ4v) is 2.18. The first-order valence-corrected chi connectivity index (χ1v) is 6.37. The molecular formula is C15H16N2O2. The predicted molar refractivity (Wildman–Crippen MR) is 72.3 cm³/mol. The Labute approximate surface area is 112 Å². The molecule has 19 heavy (non-hydrogen) atoms. The van der Waals surface area contributed by atoms with Gasteiger partial charge in [0.05, 0.1) is 0 Å². The Morgan fingerprint density at radius 2 is 1.79 bits per heavy atom. The molecule has 0 fully saturated rings. The van der Waals surface area contributed by atoms with Crippen LogP contribution in [0.4, 0.5) is 0 Å². The number of rotatable bonds is 3. The molecule has 1 atom stereocenters. The number of aromatic nitrogens is 1. The molecular weight excluding hydrogens is 240 g/mol. The van der Waals surface area contributed by atoms with Gasteiger partial charge in [0.2, 0.25) is 0 Å². The highest BCUT2D eigenvalue weighted by molar-refractivity contribution is 5.44. The predicted octanol–water partition coefficient (Wildman–Crippen LogP) is 2.10. The van der Waals surface area contributed by atoms with Crippen LogP contribution >= 0.6 is 0 Å². The second kappa shape index (κ2) is 5.28. The first kappa shape index (κ1) is 12.0. The Balaban J connectivity index is 1.78. The van der Waals surface area contributed by atoms with Crippen LogP contribution in [0.1, 0.15) is 17.2 Å². The molecule has 0 amide bonds. The zero-order valence-electron chi connectivity index (χ0n) is 10.6. The van der Waals surface area contributed by atoms with Crippen LogP contribution in [0.15, 0.2) is 42.7 Å². The van der Waals surface area contributed by atoms with Gasteiger partial charge in [0, 0.05) is 18.4 Å². The molecule has 3 rings (SSSR count). The summed E-state index contributed by atoms with van der Waals surface area (Å²) in [5.74, 6) is 1.58. The van der Waals surface area contributed by atoms with Crippen LogP contribution in [0, 0.1) is 0 Å². The molecule has 2 N–H and O–H groups in total. The van der Waals surface area contributed by atoms with Crippen LogP contribution in [-0.4, -0.2) is 18.2 Å². The second-order valence-corrected chi connectivity index (χ2v) is 4.57. The van der Waals surface area contributed by atoms with E-state index < -0.39 is 0 Å². The van der Waals surface area contributed by atoms with Crippen molar-refractivity contribution >= 4 is 0 Å². The first-order chi connectivity index (χ1) is 9.33. The molecule has 1 aromatic heterocycles. The maximum Gasteiger partial charge on any atom is 0.161 e. The summed E-state index contributed by atoms with van der Waals surface area (Å²) in [5.41, 5.74) is 8.48. The van der Waals surface area contributed by atoms with Crippen molar-refractivity contribution in [1.82, 2.24) is 4.98 Å². The zero-order chi connectivity index (χ0) is 13.1. The molecule has 1 aromatic carbocycles. The monoisotopic (exact) mass is 256 g/mol. The number of benzene rings is 1. The van der Waals surface area contributed by atoms with E-state index in [1.165, 1.54) is 5.56 Å². The summed E-state index contributed by atoms with van der Waals surface area (Å²) in [5, 5.41) is 0. The summed E-state index contributed by atoms with van der Waals surface area (Å²) >= 11 is 0. The SMILES string of the molecule is NC(Cc1ccncc1)c1ccc2c(c1)OCCO2. The van der Waals surface area contributed by atoms with Crippen molar-refractivity contribution in [1.29, 1.82) is 0 Å². The standard InChI is InChI=1S/C15H16N2O2/c16-13(9-11-3-5-17-6-4-11)12-1-2-14-15(10-12)19-8-7-18-14/h1-6,10,13H,7-9,16H2. The van der Waals surface area contributed by atoms with Crippen LogP contribution in [-0.2, 0) is 6.42 Å². The number of ether oxygens (including phenoxy) is 2. The van der Waals surface area contributed by atoms with E-state index in [1.54, 1.807) is 12.4 Å². The van der Waals surface area contributed by atoms with E-state index in [-0.39, 0.29) is 6.04 Å². The lowest BCUT2D eigenvalue weighted by Crippen LogP contribution is -2.17. The fraction of sp³-hybridized carbons (Fsp3) is 0.267. The summed E-state index contributed by atoms with van der Waals surface area (Å²) in [4.78, 5) is 4.01. The second-order valence-electron chi connectivity index (χ2n) is 4.57. The third kappa shape index (κ3) is 2.69. The summed E-state index contributed by atoms with van der Waals surface area (Å²) in [7, 11) is 0. The van der Waals surface area contributed by atoms with Gasteiger partial charge in [-0.05, 0) is 41.8 Å². The van der Waals surface area contributed by atoms with Gasteiger partial charge in [-0.25, -0.2) is 0 Å². The minimum atomic E-state index is -0.0572. The highest BCUT2D eigenvalue weighted by Crippen LogP contribution is 2.32. The minimum absolute atomic E-state index is 0.0572. The highest BCUT2D eigenvalue weighted by Gasteiger charge is 2.14. The largest absolute Gasteiger partial charge is 0.486 e. The lowest BCUT2D eigenvalue weighted by Gasteiger charge is -2.20. The van der Waals surface area contributed by atoms with Gasteiger partial charge < -0.3 is 15.2 Å². The molecule has 1 aliphatic rings. The quantitative estimate of drug-likeness (QED) is 0.913. The van der Waals surface area contributed by atoms with Gasteiger partial charge in [-0.15, -0.1) is 0 Å². The Kier molecular flexibility index (Phi) is 3.33. The van der Waals surface area contributed by atoms with Crippen molar-refractivity contribution in [3.8, 4) is 11.5 Å². The van der Waals surface area contributed by atoms with Crippen molar-refractivity contribution in [3.63, 3.8) is 0 Å². The molecule has 2 aromatic rings. The maximum atomic E-state index is 6.24. The van der Waals surface area contributed by atoms with Crippen LogP contribution < -0.4 is 15.2 Å². The number of hydrogen-bond acceptors (Lipinski definition) is 4. The van der Waals surface area contributed by atoms with Crippen molar-refractivity contribution in [3.05, 3.63) is 53.9 Å². The lowest BCUT2D eigenvalue weighted by molar-refractivity contribution is 0.171. The van der Waals surface area contributed by atoms with Crippen molar-refractivity contribution < 1.29 is 9.47 Å². The number of nitrogens with zero attached hydrogens (tertiary/aromatic N) is 1. The van der Waals surface area contributed by atoms with Gasteiger partial charge in [0.1, 0.15) is 13.2 Å². The fourth-order valence-electron chi connectivity index (χ4n) is 2.18. The van der Waals surface area contributed by atoms with Gasteiger partial charge in [0.25, 0.3) is 0 Å². The molecule has 1 unspecified atom stereocenters. The van der Waals surface area contributed by atoms with E-state index in [0.29, 0.717) is 13.2 Å². The van der Waals surface area contributed by atoms with E-state index >= 15 is 0 Å². The van der Waals surface area contributed by atoms with Crippen molar-refractivity contribution in [2.75, 3.05) is 13.2 Å². The van der Waals surface area contributed by atoms with Crippen LogP contribution in [0.5, 0.6) is 11.5 Å². The van der Waals surface area contributed by atoms with E-state index in [9.17, 15) is 0 Å². The molecule has 98 valence electrons. The average Bonchev–Trinajstić information content (AvgIpc) is 2.48. The number of hydrogen-bond donors (Lipinski definition) is 1. The van der Waals surface area contributed by atoms with Crippen LogP contribution in [0.3, 0.4) is 0 Å². The third-order valence-corrected chi connectivity index (χ3v) is 3.20. The Hall–Kier alpha value is -2.07.